The van der Waals surface area contributed by atoms with E-state index in [1.165, 1.54) is 0 Å². The van der Waals surface area contributed by atoms with E-state index in [2.05, 4.69) is 15.3 Å². The van der Waals surface area contributed by atoms with Crippen LogP contribution in [-0.4, -0.2) is 29.5 Å². The molecule has 1 amide bonds. The Hall–Kier alpha value is -2.67. The highest BCUT2D eigenvalue weighted by molar-refractivity contribution is 6.02. The number of nitrogens with zero attached hydrogens (tertiary/aromatic N) is 3. The minimum absolute atomic E-state index is 0.0980. The van der Waals surface area contributed by atoms with Gasteiger partial charge >= 0.3 is 0 Å². The van der Waals surface area contributed by atoms with Crippen molar-refractivity contribution in [3.05, 3.63) is 36.2 Å². The monoisotopic (exact) mass is 285 g/mol. The number of hydrogen-bond donors (Lipinski definition) is 2. The SMILES string of the molecule is COCc1nc(N)cc(N2CC(=O)Nc3ccccc32)n1. The van der Waals surface area contributed by atoms with Gasteiger partial charge in [-0.2, -0.15) is 0 Å². The smallest absolute Gasteiger partial charge is 0.244 e. The van der Waals surface area contributed by atoms with Gasteiger partial charge in [0.05, 0.1) is 11.4 Å². The van der Waals surface area contributed by atoms with E-state index in [1.54, 1.807) is 13.2 Å². The van der Waals surface area contributed by atoms with Crippen LogP contribution >= 0.6 is 0 Å². The average Bonchev–Trinajstić information content (AvgIpc) is 2.46. The highest BCUT2D eigenvalue weighted by Gasteiger charge is 2.24. The Morgan fingerprint density at radius 2 is 2.19 bits per heavy atom. The maximum absolute atomic E-state index is 11.9. The second-order valence-electron chi connectivity index (χ2n) is 4.65. The van der Waals surface area contributed by atoms with Gasteiger partial charge in [-0.1, -0.05) is 12.1 Å². The zero-order chi connectivity index (χ0) is 14.8. The number of anilines is 4. The van der Waals surface area contributed by atoms with Crippen LogP contribution in [0.25, 0.3) is 0 Å². The summed E-state index contributed by atoms with van der Waals surface area (Å²) in [5, 5.41) is 2.83. The Labute approximate surface area is 121 Å². The number of carbonyl (C=O) groups excluding carboxylic acids is 1. The van der Waals surface area contributed by atoms with Crippen molar-refractivity contribution in [2.24, 2.45) is 0 Å². The lowest BCUT2D eigenvalue weighted by Gasteiger charge is -2.30. The molecule has 0 aliphatic carbocycles. The van der Waals surface area contributed by atoms with Gasteiger partial charge in [0.1, 0.15) is 24.8 Å². The number of nitrogen functional groups attached to an aromatic ring is 1. The number of benzene rings is 1. The molecule has 0 radical (unpaired) electrons. The van der Waals surface area contributed by atoms with E-state index in [9.17, 15) is 4.79 Å². The number of aromatic nitrogens is 2. The number of para-hydroxylation sites is 2. The lowest BCUT2D eigenvalue weighted by molar-refractivity contribution is -0.115. The quantitative estimate of drug-likeness (QED) is 0.882. The summed E-state index contributed by atoms with van der Waals surface area (Å²) in [4.78, 5) is 22.2. The topological polar surface area (TPSA) is 93.4 Å². The van der Waals surface area contributed by atoms with Crippen LogP contribution in [0.1, 0.15) is 5.82 Å². The first-order valence-corrected chi connectivity index (χ1v) is 6.46. The first-order valence-electron chi connectivity index (χ1n) is 6.46. The number of hydrogen-bond acceptors (Lipinski definition) is 6. The molecule has 3 N–H and O–H groups in total. The standard InChI is InChI=1S/C14H15N5O2/c1-21-8-12-17-11(15)6-13(18-12)19-7-14(20)16-9-4-2-3-5-10(9)19/h2-6H,7-8H2,1H3,(H,16,20)(H2,15,17,18). The number of fused-ring (bicyclic) bond motifs is 1. The second-order valence-corrected chi connectivity index (χ2v) is 4.65. The molecule has 1 aromatic carbocycles. The largest absolute Gasteiger partial charge is 0.384 e. The first-order chi connectivity index (χ1) is 10.2. The van der Waals surface area contributed by atoms with Crippen molar-refractivity contribution in [1.82, 2.24) is 9.97 Å². The number of amides is 1. The molecule has 0 atom stereocenters. The van der Waals surface area contributed by atoms with E-state index in [0.29, 0.717) is 17.5 Å². The maximum Gasteiger partial charge on any atom is 0.244 e. The van der Waals surface area contributed by atoms with Gasteiger partial charge in [0.15, 0.2) is 5.82 Å². The van der Waals surface area contributed by atoms with Crippen LogP contribution in [0.15, 0.2) is 30.3 Å². The Morgan fingerprint density at radius 1 is 1.38 bits per heavy atom. The molecule has 0 fully saturated rings. The van der Waals surface area contributed by atoms with E-state index in [4.69, 9.17) is 10.5 Å². The number of nitrogens with one attached hydrogen (secondary N) is 1. The molecule has 0 bridgehead atoms. The summed E-state index contributed by atoms with van der Waals surface area (Å²) >= 11 is 0. The van der Waals surface area contributed by atoms with Gasteiger partial charge in [0.25, 0.3) is 0 Å². The van der Waals surface area contributed by atoms with Gasteiger partial charge in [-0.25, -0.2) is 9.97 Å². The zero-order valence-electron chi connectivity index (χ0n) is 11.5. The summed E-state index contributed by atoms with van der Waals surface area (Å²) in [6.07, 6.45) is 0. The summed E-state index contributed by atoms with van der Waals surface area (Å²) in [7, 11) is 1.57. The fourth-order valence-corrected chi connectivity index (χ4v) is 2.27. The minimum Gasteiger partial charge on any atom is -0.384 e. The van der Waals surface area contributed by atoms with Crippen molar-refractivity contribution < 1.29 is 9.53 Å². The first kappa shape index (κ1) is 13.3. The Balaban J connectivity index is 2.06. The molecule has 21 heavy (non-hydrogen) atoms. The van der Waals surface area contributed by atoms with Crippen LogP contribution in [0, 0.1) is 0 Å². The highest BCUT2D eigenvalue weighted by Crippen LogP contribution is 2.34. The van der Waals surface area contributed by atoms with Crippen molar-refractivity contribution in [2.45, 2.75) is 6.61 Å². The zero-order valence-corrected chi connectivity index (χ0v) is 11.5. The molecule has 2 aromatic rings. The number of methoxy groups -OCH3 is 1. The number of ether oxygens (including phenoxy) is 1. The van der Waals surface area contributed by atoms with Crippen LogP contribution in [0.3, 0.4) is 0 Å². The van der Waals surface area contributed by atoms with Gasteiger partial charge in [0.2, 0.25) is 5.91 Å². The predicted molar refractivity (Wildman–Crippen MR) is 79.2 cm³/mol. The third kappa shape index (κ3) is 2.63. The maximum atomic E-state index is 11.9. The molecule has 0 unspecified atom stereocenters. The molecule has 108 valence electrons. The molecule has 7 heteroatoms. The number of carbonyl (C=O) groups is 1. The van der Waals surface area contributed by atoms with Gasteiger partial charge in [-0.3, -0.25) is 4.79 Å². The molecular formula is C14H15N5O2. The highest BCUT2D eigenvalue weighted by atomic mass is 16.5. The van der Waals surface area contributed by atoms with Gasteiger partial charge in [-0.15, -0.1) is 0 Å². The lowest BCUT2D eigenvalue weighted by Crippen LogP contribution is -2.35. The molecule has 0 saturated carbocycles. The molecular weight excluding hydrogens is 270 g/mol. The fourth-order valence-electron chi connectivity index (χ4n) is 2.27. The minimum atomic E-state index is -0.0980. The summed E-state index contributed by atoms with van der Waals surface area (Å²) in [5.41, 5.74) is 7.44. The lowest BCUT2D eigenvalue weighted by atomic mass is 10.2. The molecule has 0 saturated heterocycles. The van der Waals surface area contributed by atoms with Crippen LogP contribution in [0.5, 0.6) is 0 Å². The summed E-state index contributed by atoms with van der Waals surface area (Å²) in [6, 6.07) is 9.19. The molecule has 7 nitrogen and oxygen atoms in total. The molecule has 1 aliphatic heterocycles. The van der Waals surface area contributed by atoms with Gasteiger partial charge in [0, 0.05) is 13.2 Å². The average molecular weight is 285 g/mol. The molecule has 1 aromatic heterocycles. The summed E-state index contributed by atoms with van der Waals surface area (Å²) in [6.45, 7) is 0.444. The molecule has 2 heterocycles. The van der Waals surface area contributed by atoms with E-state index in [0.717, 1.165) is 11.4 Å². The van der Waals surface area contributed by atoms with E-state index in [1.807, 2.05) is 29.2 Å². The molecule has 3 rings (SSSR count). The predicted octanol–water partition coefficient (Wildman–Crippen LogP) is 1.30. The van der Waals surface area contributed by atoms with Crippen molar-refractivity contribution in [1.29, 1.82) is 0 Å². The summed E-state index contributed by atoms with van der Waals surface area (Å²) < 4.78 is 5.04. The summed E-state index contributed by atoms with van der Waals surface area (Å²) in [5.74, 6) is 1.31. The number of nitrogens with two attached hydrogens (primary N) is 1. The van der Waals surface area contributed by atoms with Crippen LogP contribution in [-0.2, 0) is 16.1 Å². The molecule has 1 aliphatic rings. The third-order valence-corrected chi connectivity index (χ3v) is 3.10. The van der Waals surface area contributed by atoms with Crippen LogP contribution in [0.4, 0.5) is 23.0 Å². The van der Waals surface area contributed by atoms with Crippen molar-refractivity contribution >= 4 is 28.9 Å². The van der Waals surface area contributed by atoms with Crippen LogP contribution in [0.2, 0.25) is 0 Å². The molecule has 0 spiro atoms. The van der Waals surface area contributed by atoms with E-state index in [-0.39, 0.29) is 19.1 Å². The number of rotatable bonds is 3. The Kier molecular flexibility index (Phi) is 3.41. The van der Waals surface area contributed by atoms with E-state index < -0.39 is 0 Å². The van der Waals surface area contributed by atoms with Crippen molar-refractivity contribution in [3.63, 3.8) is 0 Å². The Morgan fingerprint density at radius 3 is 3.00 bits per heavy atom. The van der Waals surface area contributed by atoms with E-state index >= 15 is 0 Å². The van der Waals surface area contributed by atoms with Gasteiger partial charge in [-0.05, 0) is 12.1 Å². The third-order valence-electron chi connectivity index (χ3n) is 3.10. The van der Waals surface area contributed by atoms with Gasteiger partial charge < -0.3 is 20.7 Å². The van der Waals surface area contributed by atoms with Crippen molar-refractivity contribution in [3.8, 4) is 0 Å². The fraction of sp³-hybridized carbons (Fsp3) is 0.214. The van der Waals surface area contributed by atoms with Crippen molar-refractivity contribution in [2.75, 3.05) is 29.6 Å². The van der Waals surface area contributed by atoms with Crippen LogP contribution < -0.4 is 16.0 Å². The normalized spacial score (nSPS) is 13.8. The second kappa shape index (κ2) is 5.37. The Bertz CT molecular complexity index is 689.